The highest BCUT2D eigenvalue weighted by molar-refractivity contribution is 7.10. The van der Waals surface area contributed by atoms with Crippen molar-refractivity contribution in [3.63, 3.8) is 0 Å². The van der Waals surface area contributed by atoms with E-state index >= 15 is 0 Å². The Balaban J connectivity index is 2.16. The molecule has 114 valence electrons. The van der Waals surface area contributed by atoms with Gasteiger partial charge in [0.25, 0.3) is 0 Å². The lowest BCUT2D eigenvalue weighted by molar-refractivity contribution is 0.555. The quantitative estimate of drug-likeness (QED) is 0.636. The van der Waals surface area contributed by atoms with E-state index in [4.69, 9.17) is 5.84 Å². The van der Waals surface area contributed by atoms with Crippen LogP contribution in [0, 0.1) is 0 Å². The third kappa shape index (κ3) is 3.94. The Morgan fingerprint density at radius 1 is 1.14 bits per heavy atom. The summed E-state index contributed by atoms with van der Waals surface area (Å²) in [6.45, 7) is 8.92. The SMILES string of the molecule is CCc1ccsc1C(Cc1ccc(C(C)(C)C)cc1)NN. The Bertz CT molecular complexity index is 564. The van der Waals surface area contributed by atoms with Crippen molar-refractivity contribution in [2.45, 2.75) is 52.0 Å². The molecule has 1 atom stereocenters. The van der Waals surface area contributed by atoms with Crippen LogP contribution in [-0.4, -0.2) is 0 Å². The van der Waals surface area contributed by atoms with Crippen molar-refractivity contribution in [3.8, 4) is 0 Å². The average molecular weight is 302 g/mol. The molecule has 0 aliphatic carbocycles. The van der Waals surface area contributed by atoms with E-state index in [9.17, 15) is 0 Å². The summed E-state index contributed by atoms with van der Waals surface area (Å²) in [6.07, 6.45) is 1.98. The van der Waals surface area contributed by atoms with E-state index in [-0.39, 0.29) is 11.5 Å². The minimum Gasteiger partial charge on any atom is -0.271 e. The molecule has 0 saturated heterocycles. The van der Waals surface area contributed by atoms with Crippen molar-refractivity contribution in [1.82, 2.24) is 5.43 Å². The van der Waals surface area contributed by atoms with Crippen LogP contribution in [0.3, 0.4) is 0 Å². The van der Waals surface area contributed by atoms with Crippen molar-refractivity contribution >= 4 is 11.3 Å². The molecule has 0 spiro atoms. The summed E-state index contributed by atoms with van der Waals surface area (Å²) < 4.78 is 0. The summed E-state index contributed by atoms with van der Waals surface area (Å²) in [5, 5.41) is 2.15. The van der Waals surface area contributed by atoms with Gasteiger partial charge < -0.3 is 0 Å². The van der Waals surface area contributed by atoms with Crippen molar-refractivity contribution in [2.75, 3.05) is 0 Å². The van der Waals surface area contributed by atoms with Crippen molar-refractivity contribution < 1.29 is 0 Å². The van der Waals surface area contributed by atoms with Crippen molar-refractivity contribution in [2.24, 2.45) is 5.84 Å². The van der Waals surface area contributed by atoms with Gasteiger partial charge >= 0.3 is 0 Å². The fourth-order valence-corrected chi connectivity index (χ4v) is 3.61. The summed E-state index contributed by atoms with van der Waals surface area (Å²) in [5.41, 5.74) is 7.27. The van der Waals surface area contributed by atoms with Gasteiger partial charge in [0.2, 0.25) is 0 Å². The topological polar surface area (TPSA) is 38.0 Å². The second kappa shape index (κ2) is 6.73. The van der Waals surface area contributed by atoms with Crippen molar-refractivity contribution in [1.29, 1.82) is 0 Å². The van der Waals surface area contributed by atoms with Crippen LogP contribution in [0.5, 0.6) is 0 Å². The Morgan fingerprint density at radius 2 is 1.81 bits per heavy atom. The van der Waals surface area contributed by atoms with E-state index in [1.807, 2.05) is 0 Å². The van der Waals surface area contributed by atoms with Crippen LogP contribution in [0.15, 0.2) is 35.7 Å². The standard InChI is InChI=1S/C18H26N2S/c1-5-14-10-11-21-17(14)16(20-19)12-13-6-8-15(9-7-13)18(2,3)4/h6-11,16,20H,5,12,19H2,1-4H3. The Kier molecular flexibility index (Phi) is 5.20. The van der Waals surface area contributed by atoms with Gasteiger partial charge in [0, 0.05) is 4.88 Å². The highest BCUT2D eigenvalue weighted by Crippen LogP contribution is 2.28. The lowest BCUT2D eigenvalue weighted by Gasteiger charge is -2.20. The number of benzene rings is 1. The molecule has 3 heteroatoms. The molecule has 2 nitrogen and oxygen atoms in total. The van der Waals surface area contributed by atoms with Crippen LogP contribution in [0.25, 0.3) is 0 Å². The van der Waals surface area contributed by atoms with Gasteiger partial charge in [-0.25, -0.2) is 0 Å². The molecular weight excluding hydrogens is 276 g/mol. The number of hydrazine groups is 1. The monoisotopic (exact) mass is 302 g/mol. The van der Waals surface area contributed by atoms with Gasteiger partial charge in [-0.05, 0) is 46.4 Å². The second-order valence-electron chi connectivity index (χ2n) is 6.53. The van der Waals surface area contributed by atoms with Crippen LogP contribution < -0.4 is 11.3 Å². The largest absolute Gasteiger partial charge is 0.271 e. The highest BCUT2D eigenvalue weighted by atomic mass is 32.1. The van der Waals surface area contributed by atoms with Gasteiger partial charge in [-0.1, -0.05) is 52.0 Å². The Morgan fingerprint density at radius 3 is 2.33 bits per heavy atom. The lowest BCUT2D eigenvalue weighted by atomic mass is 9.86. The zero-order valence-electron chi connectivity index (χ0n) is 13.4. The molecule has 21 heavy (non-hydrogen) atoms. The molecule has 2 rings (SSSR count). The summed E-state index contributed by atoms with van der Waals surface area (Å²) in [6, 6.07) is 11.3. The van der Waals surface area contributed by atoms with Gasteiger partial charge in [-0.15, -0.1) is 11.3 Å². The highest BCUT2D eigenvalue weighted by Gasteiger charge is 2.17. The molecule has 1 aromatic carbocycles. The molecule has 2 aromatic rings. The zero-order chi connectivity index (χ0) is 15.5. The smallest absolute Gasteiger partial charge is 0.0596 e. The van der Waals surface area contributed by atoms with Crippen molar-refractivity contribution in [3.05, 3.63) is 57.3 Å². The van der Waals surface area contributed by atoms with Crippen LogP contribution in [0.2, 0.25) is 0 Å². The van der Waals surface area contributed by atoms with Gasteiger partial charge in [0.15, 0.2) is 0 Å². The summed E-state index contributed by atoms with van der Waals surface area (Å²) >= 11 is 1.79. The van der Waals surface area contributed by atoms with Gasteiger partial charge in [-0.2, -0.15) is 0 Å². The normalized spacial score (nSPS) is 13.4. The molecule has 0 amide bonds. The number of nitrogens with two attached hydrogens (primary N) is 1. The van der Waals surface area contributed by atoms with Crippen LogP contribution >= 0.6 is 11.3 Å². The molecule has 0 bridgehead atoms. The number of hydrogen-bond acceptors (Lipinski definition) is 3. The molecule has 1 heterocycles. The van der Waals surface area contributed by atoms with Gasteiger partial charge in [0.05, 0.1) is 6.04 Å². The molecule has 0 aliphatic heterocycles. The Hall–Kier alpha value is -1.16. The maximum atomic E-state index is 5.79. The molecule has 0 saturated carbocycles. The zero-order valence-corrected chi connectivity index (χ0v) is 14.3. The minimum atomic E-state index is 0.195. The van der Waals surface area contributed by atoms with E-state index in [0.29, 0.717) is 0 Å². The summed E-state index contributed by atoms with van der Waals surface area (Å²) in [4.78, 5) is 1.36. The first-order valence-electron chi connectivity index (χ1n) is 7.57. The fourth-order valence-electron chi connectivity index (χ4n) is 2.55. The van der Waals surface area contributed by atoms with Crippen LogP contribution in [0.1, 0.15) is 55.3 Å². The number of aryl methyl sites for hydroxylation is 1. The first kappa shape index (κ1) is 16.2. The van der Waals surface area contributed by atoms with Crippen LogP contribution in [0.4, 0.5) is 0 Å². The maximum absolute atomic E-state index is 5.79. The number of hydrogen-bond donors (Lipinski definition) is 2. The predicted octanol–water partition coefficient (Wildman–Crippen LogP) is 4.36. The van der Waals surface area contributed by atoms with E-state index in [1.54, 1.807) is 11.3 Å². The fraction of sp³-hybridized carbons (Fsp3) is 0.444. The molecule has 0 aliphatic rings. The second-order valence-corrected chi connectivity index (χ2v) is 7.48. The van der Waals surface area contributed by atoms with E-state index in [0.717, 1.165) is 12.8 Å². The minimum absolute atomic E-state index is 0.195. The summed E-state index contributed by atoms with van der Waals surface area (Å²) in [7, 11) is 0. The molecular formula is C18H26N2S. The molecule has 0 fully saturated rings. The lowest BCUT2D eigenvalue weighted by Crippen LogP contribution is -2.29. The van der Waals surface area contributed by atoms with Crippen LogP contribution in [-0.2, 0) is 18.3 Å². The average Bonchev–Trinajstić information content (AvgIpc) is 2.92. The maximum Gasteiger partial charge on any atom is 0.0596 e. The van der Waals surface area contributed by atoms with Gasteiger partial charge in [-0.3, -0.25) is 11.3 Å². The molecule has 3 N–H and O–H groups in total. The molecule has 1 unspecified atom stereocenters. The third-order valence-corrected chi connectivity index (χ3v) is 5.01. The van der Waals surface area contributed by atoms with Gasteiger partial charge in [0.1, 0.15) is 0 Å². The van der Waals surface area contributed by atoms with E-state index in [2.05, 4.69) is 68.8 Å². The number of nitrogens with one attached hydrogen (secondary N) is 1. The van der Waals surface area contributed by atoms with E-state index < -0.39 is 0 Å². The van der Waals surface area contributed by atoms with E-state index in [1.165, 1.54) is 21.6 Å². The third-order valence-electron chi connectivity index (χ3n) is 3.94. The predicted molar refractivity (Wildman–Crippen MR) is 92.6 cm³/mol. The molecule has 1 aromatic heterocycles. The number of thiophene rings is 1. The molecule has 0 radical (unpaired) electrons. The first-order chi connectivity index (χ1) is 9.95. The summed E-state index contributed by atoms with van der Waals surface area (Å²) in [5.74, 6) is 5.79. The first-order valence-corrected chi connectivity index (χ1v) is 8.45. The Labute approximate surface area is 132 Å². The number of rotatable bonds is 5.